The van der Waals surface area contributed by atoms with Crippen LogP contribution in [0.2, 0.25) is 0 Å². The minimum Gasteiger partial charge on any atom is -0.367 e. The van der Waals surface area contributed by atoms with Crippen LogP contribution in [0.5, 0.6) is 0 Å². The molecule has 1 aromatic carbocycles. The Hall–Kier alpha value is -2.87. The molecule has 2 aliphatic carbocycles. The van der Waals surface area contributed by atoms with E-state index in [0.717, 1.165) is 18.5 Å². The number of nitrogens with zero attached hydrogens (tertiary/aromatic N) is 2. The number of nitrogens with one attached hydrogen (secondary N) is 3. The summed E-state index contributed by atoms with van der Waals surface area (Å²) in [6.07, 6.45) is 9.38. The summed E-state index contributed by atoms with van der Waals surface area (Å²) in [7, 11) is -3.67. The standard InChI is InChI=1S/C24H29N5O2S/c30-32(31,19-12-5-2-6-13-19)20-14-22(25-18-10-3-1-4-11-18)26-23(15-20)27-24-16-21(28-29-24)17-8-7-9-17/h2,5-6,12-18H,1,3-4,7-11H2,(H3,25,26,27,28,29). The molecule has 0 unspecified atom stereocenters. The van der Waals surface area contributed by atoms with E-state index in [1.54, 1.807) is 36.4 Å². The lowest BCUT2D eigenvalue weighted by molar-refractivity contribution is 0.410. The van der Waals surface area contributed by atoms with Gasteiger partial charge in [0.15, 0.2) is 5.82 Å². The molecule has 0 bridgehead atoms. The van der Waals surface area contributed by atoms with Gasteiger partial charge in [-0.25, -0.2) is 13.4 Å². The molecule has 2 fully saturated rings. The Morgan fingerprint density at radius 2 is 1.56 bits per heavy atom. The van der Waals surface area contributed by atoms with Gasteiger partial charge in [-0.2, -0.15) is 5.10 Å². The van der Waals surface area contributed by atoms with Gasteiger partial charge < -0.3 is 10.6 Å². The van der Waals surface area contributed by atoms with Gasteiger partial charge in [-0.05, 0) is 43.9 Å². The maximum absolute atomic E-state index is 13.3. The highest BCUT2D eigenvalue weighted by atomic mass is 32.2. The Morgan fingerprint density at radius 3 is 2.28 bits per heavy atom. The fraction of sp³-hybridized carbons (Fsp3) is 0.417. The summed E-state index contributed by atoms with van der Waals surface area (Å²) in [6, 6.07) is 14.1. The van der Waals surface area contributed by atoms with Gasteiger partial charge >= 0.3 is 0 Å². The molecule has 168 valence electrons. The molecule has 2 aliphatic rings. The van der Waals surface area contributed by atoms with Crippen molar-refractivity contribution in [2.24, 2.45) is 0 Å². The van der Waals surface area contributed by atoms with E-state index in [9.17, 15) is 8.42 Å². The zero-order valence-corrected chi connectivity index (χ0v) is 18.9. The summed E-state index contributed by atoms with van der Waals surface area (Å²) in [5, 5.41) is 14.1. The second-order valence-corrected chi connectivity index (χ2v) is 10.8. The molecule has 0 radical (unpaired) electrons. The molecule has 32 heavy (non-hydrogen) atoms. The van der Waals surface area contributed by atoms with Crippen LogP contribution in [0.25, 0.3) is 0 Å². The van der Waals surface area contributed by atoms with Crippen molar-refractivity contribution < 1.29 is 8.42 Å². The van der Waals surface area contributed by atoms with Gasteiger partial charge in [-0.3, -0.25) is 5.10 Å². The highest BCUT2D eigenvalue weighted by Gasteiger charge is 2.23. The van der Waals surface area contributed by atoms with E-state index in [1.807, 2.05) is 12.1 Å². The maximum Gasteiger partial charge on any atom is 0.206 e. The number of benzene rings is 1. The number of aromatic nitrogens is 3. The summed E-state index contributed by atoms with van der Waals surface area (Å²) in [5.41, 5.74) is 1.12. The van der Waals surface area contributed by atoms with Crippen LogP contribution in [0.15, 0.2) is 58.3 Å². The van der Waals surface area contributed by atoms with Gasteiger partial charge in [0.1, 0.15) is 11.6 Å². The molecule has 3 N–H and O–H groups in total. The van der Waals surface area contributed by atoms with Gasteiger partial charge in [0, 0.05) is 29.8 Å². The SMILES string of the molecule is O=S(=O)(c1ccccc1)c1cc(Nc2cc(C3CCC3)[nH]n2)nc(NC2CCCCC2)c1. The Labute approximate surface area is 189 Å². The topological polar surface area (TPSA) is 99.8 Å². The van der Waals surface area contributed by atoms with Crippen molar-refractivity contribution in [3.05, 3.63) is 54.2 Å². The highest BCUT2D eigenvalue weighted by molar-refractivity contribution is 7.91. The molecule has 0 atom stereocenters. The monoisotopic (exact) mass is 451 g/mol. The van der Waals surface area contributed by atoms with Crippen molar-refractivity contribution in [3.63, 3.8) is 0 Å². The predicted molar refractivity (Wildman–Crippen MR) is 125 cm³/mol. The molecule has 8 heteroatoms. The van der Waals surface area contributed by atoms with Crippen LogP contribution in [0.3, 0.4) is 0 Å². The fourth-order valence-electron chi connectivity index (χ4n) is 4.45. The predicted octanol–water partition coefficient (Wildman–Crippen LogP) is 5.39. The molecular formula is C24H29N5O2S. The molecule has 3 aromatic rings. The summed E-state index contributed by atoms with van der Waals surface area (Å²) in [4.78, 5) is 5.17. The number of pyridine rings is 1. The van der Waals surface area contributed by atoms with Crippen LogP contribution < -0.4 is 10.6 Å². The average Bonchev–Trinajstić information content (AvgIpc) is 3.21. The molecule has 0 saturated heterocycles. The Balaban J connectivity index is 1.46. The second kappa shape index (κ2) is 8.94. The first-order valence-corrected chi connectivity index (χ1v) is 13.0. The van der Waals surface area contributed by atoms with E-state index in [0.29, 0.717) is 29.4 Å². The average molecular weight is 452 g/mol. The van der Waals surface area contributed by atoms with E-state index >= 15 is 0 Å². The quantitative estimate of drug-likeness (QED) is 0.445. The van der Waals surface area contributed by atoms with Crippen LogP contribution in [0.1, 0.15) is 63.0 Å². The minimum atomic E-state index is -3.67. The van der Waals surface area contributed by atoms with Gasteiger partial charge in [-0.1, -0.05) is 43.9 Å². The van der Waals surface area contributed by atoms with Gasteiger partial charge in [0.2, 0.25) is 9.84 Å². The molecule has 2 aromatic heterocycles. The van der Waals surface area contributed by atoms with Crippen molar-refractivity contribution in [2.75, 3.05) is 10.6 Å². The van der Waals surface area contributed by atoms with E-state index in [-0.39, 0.29) is 9.79 Å². The van der Waals surface area contributed by atoms with Crippen molar-refractivity contribution >= 4 is 27.3 Å². The van der Waals surface area contributed by atoms with E-state index in [4.69, 9.17) is 0 Å². The van der Waals surface area contributed by atoms with Gasteiger partial charge in [0.25, 0.3) is 0 Å². The Morgan fingerprint density at radius 1 is 0.812 bits per heavy atom. The zero-order valence-electron chi connectivity index (χ0n) is 18.0. The molecular weight excluding hydrogens is 422 g/mol. The van der Waals surface area contributed by atoms with Crippen molar-refractivity contribution in [1.29, 1.82) is 0 Å². The van der Waals surface area contributed by atoms with Crippen LogP contribution in [0, 0.1) is 0 Å². The smallest absolute Gasteiger partial charge is 0.206 e. The highest BCUT2D eigenvalue weighted by Crippen LogP contribution is 2.36. The largest absolute Gasteiger partial charge is 0.367 e. The number of rotatable bonds is 7. The summed E-state index contributed by atoms with van der Waals surface area (Å²) < 4.78 is 26.6. The third-order valence-electron chi connectivity index (χ3n) is 6.52. The third-order valence-corrected chi connectivity index (χ3v) is 8.27. The lowest BCUT2D eigenvalue weighted by Gasteiger charge is -2.24. The first kappa shape index (κ1) is 21.0. The van der Waals surface area contributed by atoms with E-state index in [1.165, 1.54) is 38.5 Å². The third kappa shape index (κ3) is 4.50. The lowest BCUT2D eigenvalue weighted by Crippen LogP contribution is -2.23. The molecule has 2 heterocycles. The number of hydrogen-bond acceptors (Lipinski definition) is 6. The summed E-state index contributed by atoms with van der Waals surface area (Å²) in [5.74, 6) is 2.23. The van der Waals surface area contributed by atoms with Crippen LogP contribution in [0.4, 0.5) is 17.5 Å². The number of H-pyrrole nitrogens is 1. The Kier molecular flexibility index (Phi) is 5.87. The normalized spacial score (nSPS) is 17.6. The summed E-state index contributed by atoms with van der Waals surface area (Å²) >= 11 is 0. The number of aromatic amines is 1. The van der Waals surface area contributed by atoms with Crippen molar-refractivity contribution in [2.45, 2.75) is 73.1 Å². The Bertz CT molecular complexity index is 1170. The molecule has 7 nitrogen and oxygen atoms in total. The first-order chi connectivity index (χ1) is 15.6. The maximum atomic E-state index is 13.3. The number of sulfone groups is 1. The summed E-state index contributed by atoms with van der Waals surface area (Å²) in [6.45, 7) is 0. The van der Waals surface area contributed by atoms with E-state index < -0.39 is 9.84 Å². The zero-order chi connectivity index (χ0) is 22.0. The van der Waals surface area contributed by atoms with Crippen LogP contribution >= 0.6 is 0 Å². The molecule has 0 aliphatic heterocycles. The molecule has 2 saturated carbocycles. The van der Waals surface area contributed by atoms with E-state index in [2.05, 4.69) is 25.8 Å². The van der Waals surface area contributed by atoms with Crippen molar-refractivity contribution in [1.82, 2.24) is 15.2 Å². The van der Waals surface area contributed by atoms with Crippen LogP contribution in [-0.2, 0) is 9.84 Å². The minimum absolute atomic E-state index is 0.217. The molecule has 5 rings (SSSR count). The number of anilines is 3. The number of hydrogen-bond donors (Lipinski definition) is 3. The first-order valence-electron chi connectivity index (χ1n) is 11.5. The molecule has 0 amide bonds. The second-order valence-electron chi connectivity index (χ2n) is 8.83. The van der Waals surface area contributed by atoms with Gasteiger partial charge in [0.05, 0.1) is 9.79 Å². The van der Waals surface area contributed by atoms with Crippen LogP contribution in [-0.4, -0.2) is 29.6 Å². The van der Waals surface area contributed by atoms with Crippen molar-refractivity contribution in [3.8, 4) is 0 Å². The lowest BCUT2D eigenvalue weighted by atomic mass is 9.83. The fourth-order valence-corrected chi connectivity index (χ4v) is 5.77. The van der Waals surface area contributed by atoms with Gasteiger partial charge in [-0.15, -0.1) is 0 Å². The molecule has 0 spiro atoms.